The summed E-state index contributed by atoms with van der Waals surface area (Å²) in [4.78, 5) is 7.42. The van der Waals surface area contributed by atoms with E-state index in [0.717, 1.165) is 17.8 Å². The number of hydrogen-bond acceptors (Lipinski definition) is 3. The van der Waals surface area contributed by atoms with Crippen molar-refractivity contribution in [2.45, 2.75) is 78.7 Å². The van der Waals surface area contributed by atoms with Crippen molar-refractivity contribution in [1.29, 1.82) is 0 Å². The van der Waals surface area contributed by atoms with Gasteiger partial charge in [0, 0.05) is 49.0 Å². The van der Waals surface area contributed by atoms with E-state index in [1.807, 2.05) is 11.3 Å². The SMILES string of the molecule is C=CC(C/C=C/C)N(c1ccc(C)cc1)c1ccc2c(c1)C(C)(C)c1cc(-c3ccc(-c4ccc5c(c4)C(C)(C)c4cc(N(c6ccc(C)cc6)c6ccc(C)cc6)ccc4-5)s3)ccc1-2. The van der Waals surface area contributed by atoms with Gasteiger partial charge in [0.2, 0.25) is 0 Å². The summed E-state index contributed by atoms with van der Waals surface area (Å²) in [5, 5.41) is 0. The summed E-state index contributed by atoms with van der Waals surface area (Å²) in [6.07, 6.45) is 7.35. The summed E-state index contributed by atoms with van der Waals surface area (Å²) in [5.74, 6) is 0. The van der Waals surface area contributed by atoms with Crippen molar-refractivity contribution in [3.63, 3.8) is 0 Å². The van der Waals surface area contributed by atoms with E-state index in [9.17, 15) is 0 Å². The second-order valence-electron chi connectivity index (χ2n) is 19.2. The fraction of sp³-hybridized carbons (Fsp3) is 0.194. The summed E-state index contributed by atoms with van der Waals surface area (Å²) in [7, 11) is 0. The summed E-state index contributed by atoms with van der Waals surface area (Å²) >= 11 is 1.89. The van der Waals surface area contributed by atoms with Gasteiger partial charge in [0.05, 0.1) is 6.04 Å². The number of benzene rings is 7. The fourth-order valence-corrected chi connectivity index (χ4v) is 11.3. The molecule has 7 aromatic carbocycles. The van der Waals surface area contributed by atoms with Crippen LogP contribution in [0.15, 0.2) is 183 Å². The Morgan fingerprint density at radius 2 is 0.862 bits per heavy atom. The van der Waals surface area contributed by atoms with Gasteiger partial charge in [-0.1, -0.05) is 135 Å². The van der Waals surface area contributed by atoms with Crippen LogP contribution in [0.2, 0.25) is 0 Å². The lowest BCUT2D eigenvalue weighted by atomic mass is 9.81. The van der Waals surface area contributed by atoms with Crippen molar-refractivity contribution < 1.29 is 0 Å². The zero-order valence-corrected chi connectivity index (χ0v) is 39.9. The smallest absolute Gasteiger partial charge is 0.0554 e. The van der Waals surface area contributed by atoms with Crippen molar-refractivity contribution in [1.82, 2.24) is 0 Å². The minimum atomic E-state index is -0.167. The van der Waals surface area contributed by atoms with Gasteiger partial charge in [-0.25, -0.2) is 0 Å². The molecule has 0 N–H and O–H groups in total. The van der Waals surface area contributed by atoms with Crippen LogP contribution in [0.4, 0.5) is 28.4 Å². The minimum absolute atomic E-state index is 0.128. The molecule has 0 bridgehead atoms. The molecule has 1 atom stereocenters. The molecule has 2 nitrogen and oxygen atoms in total. The van der Waals surface area contributed by atoms with Crippen molar-refractivity contribution in [3.8, 4) is 43.1 Å². The Hall–Kier alpha value is -6.68. The first-order valence-electron chi connectivity index (χ1n) is 23.1. The average molecular weight is 863 g/mol. The zero-order valence-electron chi connectivity index (χ0n) is 39.0. The Bertz CT molecular complexity index is 3080. The average Bonchev–Trinajstić information content (AvgIpc) is 3.96. The first kappa shape index (κ1) is 42.3. The number of aryl methyl sites for hydroxylation is 3. The maximum atomic E-state index is 4.28. The van der Waals surface area contributed by atoms with E-state index in [-0.39, 0.29) is 16.9 Å². The maximum absolute atomic E-state index is 4.28. The van der Waals surface area contributed by atoms with E-state index in [1.165, 1.54) is 99.1 Å². The van der Waals surface area contributed by atoms with Gasteiger partial charge in [0.25, 0.3) is 0 Å². The van der Waals surface area contributed by atoms with Crippen LogP contribution in [0.25, 0.3) is 43.1 Å². The summed E-state index contributed by atoms with van der Waals surface area (Å²) < 4.78 is 0. The Labute approximate surface area is 390 Å². The molecule has 0 saturated heterocycles. The number of rotatable bonds is 11. The summed E-state index contributed by atoms with van der Waals surface area (Å²) in [5.41, 5.74) is 22.7. The van der Waals surface area contributed by atoms with Gasteiger partial charge in [0.15, 0.2) is 0 Å². The van der Waals surface area contributed by atoms with Gasteiger partial charge < -0.3 is 9.80 Å². The van der Waals surface area contributed by atoms with E-state index < -0.39 is 0 Å². The number of hydrogen-bond donors (Lipinski definition) is 0. The van der Waals surface area contributed by atoms with Crippen molar-refractivity contribution in [2.75, 3.05) is 9.80 Å². The predicted octanol–water partition coefficient (Wildman–Crippen LogP) is 17.7. The fourth-order valence-electron chi connectivity index (χ4n) is 10.3. The highest BCUT2D eigenvalue weighted by atomic mass is 32.1. The predicted molar refractivity (Wildman–Crippen MR) is 281 cm³/mol. The van der Waals surface area contributed by atoms with E-state index in [1.54, 1.807) is 0 Å². The van der Waals surface area contributed by atoms with Crippen LogP contribution >= 0.6 is 11.3 Å². The molecular formula is C62H58N2S. The normalized spacial score (nSPS) is 14.4. The third kappa shape index (κ3) is 7.37. The molecule has 0 aliphatic heterocycles. The molecule has 0 radical (unpaired) electrons. The van der Waals surface area contributed by atoms with Crippen LogP contribution in [0.5, 0.6) is 0 Å². The van der Waals surface area contributed by atoms with Crippen LogP contribution in [-0.2, 0) is 10.8 Å². The molecule has 2 aliphatic carbocycles. The molecule has 1 aromatic heterocycles. The Kier molecular flexibility index (Phi) is 10.7. The lowest BCUT2D eigenvalue weighted by molar-refractivity contribution is 0.660. The first-order valence-corrected chi connectivity index (χ1v) is 23.9. The summed E-state index contributed by atoms with van der Waals surface area (Å²) in [6, 6.07) is 59.8. The third-order valence-electron chi connectivity index (χ3n) is 14.1. The molecule has 8 aromatic rings. The molecule has 0 spiro atoms. The van der Waals surface area contributed by atoms with E-state index in [2.05, 4.69) is 248 Å². The molecule has 2 aliphatic rings. The van der Waals surface area contributed by atoms with Gasteiger partial charge >= 0.3 is 0 Å². The zero-order chi connectivity index (χ0) is 45.2. The Morgan fingerprint density at radius 3 is 1.31 bits per heavy atom. The van der Waals surface area contributed by atoms with Crippen molar-refractivity contribution in [2.24, 2.45) is 0 Å². The molecule has 0 saturated carbocycles. The van der Waals surface area contributed by atoms with Gasteiger partial charge in [-0.2, -0.15) is 0 Å². The molecule has 322 valence electrons. The highest BCUT2D eigenvalue weighted by molar-refractivity contribution is 7.18. The largest absolute Gasteiger partial charge is 0.334 e. The standard InChI is InChI=1S/C62H58N2S/c1-10-12-13-45(11-2)63(46-22-14-40(3)15-23-46)49-28-32-53-51-30-20-43(36-55(51)61(6,7)57(53)38-49)59-34-35-60(65-59)44-21-31-52-54-33-29-50(39-58(54)62(8,9)56(52)37-44)64(47-24-16-41(4)17-25-47)48-26-18-42(5)19-27-48/h10-12,14-39,45H,2,13H2,1,3-9H3/b12-10+. The monoisotopic (exact) mass is 862 g/mol. The molecule has 65 heavy (non-hydrogen) atoms. The number of nitrogens with zero attached hydrogens (tertiary/aromatic N) is 2. The van der Waals surface area contributed by atoms with Crippen molar-refractivity contribution >= 4 is 39.8 Å². The van der Waals surface area contributed by atoms with Crippen LogP contribution < -0.4 is 9.80 Å². The van der Waals surface area contributed by atoms with Crippen LogP contribution in [-0.4, -0.2) is 6.04 Å². The minimum Gasteiger partial charge on any atom is -0.334 e. The lowest BCUT2D eigenvalue weighted by Gasteiger charge is -2.33. The number of thiophene rings is 1. The molecule has 10 rings (SSSR count). The van der Waals surface area contributed by atoms with Gasteiger partial charge in [-0.05, 0) is 175 Å². The van der Waals surface area contributed by atoms with Crippen LogP contribution in [0, 0.1) is 20.8 Å². The molecule has 1 unspecified atom stereocenters. The topological polar surface area (TPSA) is 6.48 Å². The lowest BCUT2D eigenvalue weighted by Crippen LogP contribution is -2.29. The second kappa shape index (κ2) is 16.4. The molecule has 0 amide bonds. The number of fused-ring (bicyclic) bond motifs is 6. The molecule has 1 heterocycles. The highest BCUT2D eigenvalue weighted by Gasteiger charge is 2.38. The van der Waals surface area contributed by atoms with Crippen LogP contribution in [0.1, 0.15) is 80.0 Å². The van der Waals surface area contributed by atoms with Gasteiger partial charge in [0.1, 0.15) is 0 Å². The Morgan fingerprint density at radius 1 is 0.477 bits per heavy atom. The van der Waals surface area contributed by atoms with Crippen molar-refractivity contribution in [3.05, 3.63) is 221 Å². The van der Waals surface area contributed by atoms with E-state index in [0.29, 0.717) is 0 Å². The van der Waals surface area contributed by atoms with Crippen LogP contribution in [0.3, 0.4) is 0 Å². The quantitative estimate of drug-likeness (QED) is 0.120. The molecule has 0 fully saturated rings. The summed E-state index contributed by atoms with van der Waals surface area (Å²) in [6.45, 7) is 22.4. The number of anilines is 5. The number of allylic oxidation sites excluding steroid dienone is 1. The highest BCUT2D eigenvalue weighted by Crippen LogP contribution is 2.54. The van der Waals surface area contributed by atoms with E-state index in [4.69, 9.17) is 0 Å². The molecule has 3 heteroatoms. The second-order valence-corrected chi connectivity index (χ2v) is 20.3. The maximum Gasteiger partial charge on any atom is 0.0554 e. The third-order valence-corrected chi connectivity index (χ3v) is 15.3. The van der Waals surface area contributed by atoms with Gasteiger partial charge in [-0.3, -0.25) is 0 Å². The van der Waals surface area contributed by atoms with Gasteiger partial charge in [-0.15, -0.1) is 17.9 Å². The van der Waals surface area contributed by atoms with E-state index >= 15 is 0 Å². The molecular weight excluding hydrogens is 805 g/mol. The Balaban J connectivity index is 0.946. The first-order chi connectivity index (χ1) is 31.3.